The second kappa shape index (κ2) is 12.9. The molecule has 0 radical (unpaired) electrons. The standard InChI is InChI=1S/C31H41ClN2O9/c1-8-26(36)42-24-15-25(35)34(5)20-13-19(14-21(39-6)27(20)32)12-17(2)10-9-11-23(40-7)31(38)16-22(41-29(37)33-31)18(3)28-30(24,4)43-28/h9-11,13-14,18,22-24,28,38H,8,12,15-16H2,1-7H3,(H,33,37)/b11-9-,17-10+/t18-,22?,23-,24-,28?,30-,31+/m1/s1. The van der Waals surface area contributed by atoms with Crippen molar-refractivity contribution in [3.63, 3.8) is 0 Å². The lowest BCUT2D eigenvalue weighted by molar-refractivity contribution is -0.153. The molecule has 4 rings (SSSR count). The number of amides is 2. The van der Waals surface area contributed by atoms with Crippen LogP contribution in [0.4, 0.5) is 10.5 Å². The monoisotopic (exact) mass is 620 g/mol. The van der Waals surface area contributed by atoms with E-state index in [1.54, 1.807) is 33.0 Å². The highest BCUT2D eigenvalue weighted by molar-refractivity contribution is 6.35. The highest BCUT2D eigenvalue weighted by Gasteiger charge is 2.64. The molecule has 3 aliphatic heterocycles. The molecule has 7 atom stereocenters. The Hall–Kier alpha value is -3.12. The van der Waals surface area contributed by atoms with Crippen LogP contribution in [0.25, 0.3) is 0 Å². The van der Waals surface area contributed by atoms with E-state index in [1.165, 1.54) is 19.1 Å². The molecule has 1 aromatic rings. The number of alkyl carbamates (subject to hydrolysis) is 1. The molecule has 0 saturated carbocycles. The van der Waals surface area contributed by atoms with Crippen molar-refractivity contribution in [2.75, 3.05) is 26.2 Å². The zero-order valence-corrected chi connectivity index (χ0v) is 26.4. The van der Waals surface area contributed by atoms with Crippen molar-refractivity contribution in [3.8, 4) is 5.75 Å². The fourth-order valence-corrected chi connectivity index (χ4v) is 6.16. The van der Waals surface area contributed by atoms with Gasteiger partial charge in [-0.2, -0.15) is 0 Å². The van der Waals surface area contributed by atoms with Gasteiger partial charge < -0.3 is 33.7 Å². The molecule has 0 aliphatic carbocycles. The number of anilines is 1. The summed E-state index contributed by atoms with van der Waals surface area (Å²) in [5, 5.41) is 14.3. The molecular weight excluding hydrogens is 580 g/mol. The predicted octanol–water partition coefficient (Wildman–Crippen LogP) is 4.08. The quantitative estimate of drug-likeness (QED) is 0.377. The van der Waals surface area contributed by atoms with Gasteiger partial charge in [-0.25, -0.2) is 4.79 Å². The lowest BCUT2D eigenvalue weighted by atomic mass is 9.83. The van der Waals surface area contributed by atoms with E-state index >= 15 is 0 Å². The number of halogens is 1. The average molecular weight is 621 g/mol. The summed E-state index contributed by atoms with van der Waals surface area (Å²) in [6, 6.07) is 3.63. The van der Waals surface area contributed by atoms with Gasteiger partial charge in [-0.1, -0.05) is 49.2 Å². The van der Waals surface area contributed by atoms with Gasteiger partial charge >= 0.3 is 12.1 Å². The Kier molecular flexibility index (Phi) is 9.80. The Morgan fingerprint density at radius 2 is 2.00 bits per heavy atom. The van der Waals surface area contributed by atoms with Crippen LogP contribution < -0.4 is 15.0 Å². The fourth-order valence-electron chi connectivity index (χ4n) is 5.85. The third-order valence-electron chi connectivity index (χ3n) is 8.51. The number of carbonyl (C=O) groups is 3. The zero-order valence-electron chi connectivity index (χ0n) is 25.6. The molecule has 0 spiro atoms. The number of hydrogen-bond donors (Lipinski definition) is 2. The second-order valence-corrected chi connectivity index (χ2v) is 12.0. The van der Waals surface area contributed by atoms with Gasteiger partial charge in [0.15, 0.2) is 5.72 Å². The molecule has 236 valence electrons. The number of rotatable bonds is 4. The number of ether oxygens (including phenoxy) is 5. The van der Waals surface area contributed by atoms with E-state index in [2.05, 4.69) is 5.32 Å². The number of nitrogens with zero attached hydrogens (tertiary/aromatic N) is 1. The summed E-state index contributed by atoms with van der Waals surface area (Å²) in [5.74, 6) is -0.854. The minimum absolute atomic E-state index is 0.00655. The molecule has 1 aromatic carbocycles. The van der Waals surface area contributed by atoms with E-state index in [-0.39, 0.29) is 30.2 Å². The summed E-state index contributed by atoms with van der Waals surface area (Å²) < 4.78 is 28.6. The number of methoxy groups -OCH3 is 2. The van der Waals surface area contributed by atoms with Crippen LogP contribution in [0.3, 0.4) is 0 Å². The molecular formula is C31H41ClN2O9. The first-order valence-corrected chi connectivity index (χ1v) is 14.7. The lowest BCUT2D eigenvalue weighted by Crippen LogP contribution is -2.63. The van der Waals surface area contributed by atoms with E-state index in [9.17, 15) is 19.5 Å². The van der Waals surface area contributed by atoms with Crippen LogP contribution in [-0.2, 0) is 35.0 Å². The first-order chi connectivity index (χ1) is 20.3. The summed E-state index contributed by atoms with van der Waals surface area (Å²) in [6.07, 6.45) is 1.81. The fraction of sp³-hybridized carbons (Fsp3) is 0.581. The third kappa shape index (κ3) is 6.85. The number of aliphatic hydroxyl groups is 1. The molecule has 0 aromatic heterocycles. The number of fused-ring (bicyclic) bond motifs is 5. The Balaban J connectivity index is 1.79. The summed E-state index contributed by atoms with van der Waals surface area (Å²) >= 11 is 6.66. The first kappa shape index (κ1) is 32.8. The van der Waals surface area contributed by atoms with Crippen molar-refractivity contribution in [2.45, 2.75) is 89.1 Å². The van der Waals surface area contributed by atoms with Gasteiger partial charge in [0.05, 0.1) is 25.3 Å². The summed E-state index contributed by atoms with van der Waals surface area (Å²) in [5.41, 5.74) is -0.564. The molecule has 2 N–H and O–H groups in total. The van der Waals surface area contributed by atoms with Crippen LogP contribution in [0.1, 0.15) is 52.5 Å². The molecule has 3 aliphatic rings. The first-order valence-electron chi connectivity index (χ1n) is 14.3. The average Bonchev–Trinajstić information content (AvgIpc) is 3.66. The van der Waals surface area contributed by atoms with Crippen LogP contribution >= 0.6 is 11.6 Å². The van der Waals surface area contributed by atoms with Crippen LogP contribution in [0.2, 0.25) is 5.02 Å². The number of nitrogens with one attached hydrogen (secondary N) is 1. The van der Waals surface area contributed by atoms with E-state index < -0.39 is 53.7 Å². The number of esters is 1. The molecule has 12 heteroatoms. The van der Waals surface area contributed by atoms with E-state index in [1.807, 2.05) is 32.1 Å². The predicted molar refractivity (Wildman–Crippen MR) is 159 cm³/mol. The van der Waals surface area contributed by atoms with Crippen LogP contribution in [0, 0.1) is 5.92 Å². The normalized spacial score (nSPS) is 35.0. The van der Waals surface area contributed by atoms with Gasteiger partial charge in [0.1, 0.15) is 34.7 Å². The van der Waals surface area contributed by atoms with E-state index in [0.717, 1.165) is 11.1 Å². The van der Waals surface area contributed by atoms with Crippen LogP contribution in [0.5, 0.6) is 5.75 Å². The smallest absolute Gasteiger partial charge is 0.409 e. The number of hydrogen-bond acceptors (Lipinski definition) is 9. The Bertz CT molecular complexity index is 1320. The largest absolute Gasteiger partial charge is 0.495 e. The van der Waals surface area contributed by atoms with E-state index in [4.69, 9.17) is 35.3 Å². The summed E-state index contributed by atoms with van der Waals surface area (Å²) in [7, 11) is 4.56. The SMILES string of the molecule is CCC(=O)O[C@@H]1CC(=O)N(C)c2cc(cc(OC)c2Cl)C/C(C)=C/C=C\[C@@H](OC)[C@@]2(O)CC(OC(=O)N2)[C@@H](C)C2O[C@@]21C. The maximum absolute atomic E-state index is 13.7. The molecule has 43 heavy (non-hydrogen) atoms. The maximum atomic E-state index is 13.7. The molecule has 4 bridgehead atoms. The van der Waals surface area contributed by atoms with Crippen molar-refractivity contribution in [3.05, 3.63) is 46.5 Å². The zero-order chi connectivity index (χ0) is 31.7. The van der Waals surface area contributed by atoms with Gasteiger partial charge in [0.2, 0.25) is 5.91 Å². The number of allylic oxidation sites excluding steroid dienone is 3. The molecule has 2 amide bonds. The minimum atomic E-state index is -1.76. The van der Waals surface area contributed by atoms with Crippen molar-refractivity contribution >= 4 is 35.3 Å². The van der Waals surface area contributed by atoms with Gasteiger partial charge in [-0.3, -0.25) is 14.9 Å². The Morgan fingerprint density at radius 1 is 1.28 bits per heavy atom. The molecule has 2 unspecified atom stereocenters. The summed E-state index contributed by atoms with van der Waals surface area (Å²) in [4.78, 5) is 40.2. The molecule has 3 heterocycles. The van der Waals surface area contributed by atoms with Gasteiger partial charge in [0, 0.05) is 32.9 Å². The number of epoxide rings is 1. The maximum Gasteiger partial charge on any atom is 0.409 e. The van der Waals surface area contributed by atoms with Gasteiger partial charge in [0.25, 0.3) is 0 Å². The van der Waals surface area contributed by atoms with Crippen molar-refractivity contribution in [1.82, 2.24) is 5.32 Å². The topological polar surface area (TPSA) is 136 Å². The van der Waals surface area contributed by atoms with Crippen molar-refractivity contribution < 1.29 is 43.2 Å². The molecule has 2 fully saturated rings. The minimum Gasteiger partial charge on any atom is -0.495 e. The Morgan fingerprint density at radius 3 is 2.65 bits per heavy atom. The summed E-state index contributed by atoms with van der Waals surface area (Å²) in [6.45, 7) is 7.20. The van der Waals surface area contributed by atoms with Crippen molar-refractivity contribution in [1.29, 1.82) is 0 Å². The lowest BCUT2D eigenvalue weighted by Gasteiger charge is -2.42. The van der Waals surface area contributed by atoms with E-state index in [0.29, 0.717) is 17.9 Å². The molecule has 2 saturated heterocycles. The third-order valence-corrected chi connectivity index (χ3v) is 8.89. The van der Waals surface area contributed by atoms with Crippen molar-refractivity contribution in [2.24, 2.45) is 5.92 Å². The number of benzene rings is 1. The highest BCUT2D eigenvalue weighted by atomic mass is 35.5. The van der Waals surface area contributed by atoms with Gasteiger partial charge in [-0.15, -0.1) is 0 Å². The second-order valence-electron chi connectivity index (χ2n) is 11.6. The number of carbonyl (C=O) groups excluding carboxylic acids is 3. The Labute approximate surface area is 257 Å². The highest BCUT2D eigenvalue weighted by Crippen LogP contribution is 2.49. The van der Waals surface area contributed by atoms with Crippen LogP contribution in [-0.4, -0.2) is 80.1 Å². The van der Waals surface area contributed by atoms with Crippen LogP contribution in [0.15, 0.2) is 35.9 Å². The molecule has 11 nitrogen and oxygen atoms in total. The van der Waals surface area contributed by atoms with Gasteiger partial charge in [-0.05, 0) is 38.0 Å².